The average Bonchev–Trinajstić information content (AvgIpc) is 2.86. The van der Waals surface area contributed by atoms with Gasteiger partial charge in [0.1, 0.15) is 5.82 Å². The molecule has 0 bridgehead atoms. The van der Waals surface area contributed by atoms with Crippen LogP contribution in [-0.4, -0.2) is 28.5 Å². The van der Waals surface area contributed by atoms with Gasteiger partial charge >= 0.3 is 0 Å². The predicted molar refractivity (Wildman–Crippen MR) is 58.8 cm³/mol. The molecule has 0 saturated carbocycles. The van der Waals surface area contributed by atoms with Gasteiger partial charge < -0.3 is 10.6 Å². The number of anilines is 1. The van der Waals surface area contributed by atoms with Crippen LogP contribution in [0.5, 0.6) is 0 Å². The predicted octanol–water partition coefficient (Wildman–Crippen LogP) is 1.26. The minimum Gasteiger partial charge on any atom is -0.359 e. The largest absolute Gasteiger partial charge is 0.359 e. The highest BCUT2D eigenvalue weighted by Gasteiger charge is 2.13. The summed E-state index contributed by atoms with van der Waals surface area (Å²) in [6.45, 7) is 4.20. The highest BCUT2D eigenvalue weighted by atomic mass is 32.1. The number of aromatic nitrogens is 2. The van der Waals surface area contributed by atoms with Gasteiger partial charge in [0.25, 0.3) is 0 Å². The maximum atomic E-state index is 4.36. The van der Waals surface area contributed by atoms with Gasteiger partial charge in [0.2, 0.25) is 5.13 Å². The first-order valence-corrected chi connectivity index (χ1v) is 5.95. The Hall–Kier alpha value is -0.680. The number of aryl methyl sites for hydroxylation is 1. The quantitative estimate of drug-likeness (QED) is 0.789. The zero-order chi connectivity index (χ0) is 9.80. The van der Waals surface area contributed by atoms with Crippen LogP contribution in [0, 0.1) is 0 Å². The molecule has 5 heteroatoms. The Kier molecular flexibility index (Phi) is 3.31. The second-order valence-electron chi connectivity index (χ2n) is 3.54. The molecule has 1 fully saturated rings. The van der Waals surface area contributed by atoms with Gasteiger partial charge in [0.05, 0.1) is 0 Å². The van der Waals surface area contributed by atoms with Crippen LogP contribution in [0.4, 0.5) is 5.13 Å². The molecule has 1 aliphatic heterocycles. The van der Waals surface area contributed by atoms with Crippen LogP contribution < -0.4 is 10.6 Å². The van der Waals surface area contributed by atoms with Crippen molar-refractivity contribution in [2.24, 2.45) is 0 Å². The Balaban J connectivity index is 1.79. The summed E-state index contributed by atoms with van der Waals surface area (Å²) in [5.74, 6) is 0.942. The lowest BCUT2D eigenvalue weighted by molar-refractivity contribution is 0.633. The van der Waals surface area contributed by atoms with Crippen molar-refractivity contribution in [3.8, 4) is 0 Å². The van der Waals surface area contributed by atoms with Crippen LogP contribution in [0.25, 0.3) is 0 Å². The Morgan fingerprint density at radius 1 is 1.64 bits per heavy atom. The molecule has 0 aliphatic carbocycles. The normalized spacial score (nSPS) is 21.4. The zero-order valence-electron chi connectivity index (χ0n) is 8.42. The van der Waals surface area contributed by atoms with Gasteiger partial charge in [-0.2, -0.15) is 4.37 Å². The molecule has 4 nitrogen and oxygen atoms in total. The van der Waals surface area contributed by atoms with Crippen LogP contribution in [-0.2, 0) is 6.42 Å². The number of nitrogens with zero attached hydrogens (tertiary/aromatic N) is 2. The van der Waals surface area contributed by atoms with E-state index in [2.05, 4.69) is 26.9 Å². The highest BCUT2D eigenvalue weighted by molar-refractivity contribution is 7.09. The number of hydrogen-bond acceptors (Lipinski definition) is 5. The van der Waals surface area contributed by atoms with Gasteiger partial charge in [-0.25, -0.2) is 4.98 Å². The van der Waals surface area contributed by atoms with E-state index in [0.29, 0.717) is 6.04 Å². The second kappa shape index (κ2) is 4.70. The van der Waals surface area contributed by atoms with Gasteiger partial charge in [0, 0.05) is 30.5 Å². The molecule has 1 aromatic rings. The SMILES string of the molecule is CCc1nsc(NCC2CCCN2)n1. The van der Waals surface area contributed by atoms with Gasteiger partial charge in [-0.1, -0.05) is 6.92 Å². The molecule has 0 spiro atoms. The van der Waals surface area contributed by atoms with E-state index in [-0.39, 0.29) is 0 Å². The van der Waals surface area contributed by atoms with E-state index in [1.165, 1.54) is 24.4 Å². The molecule has 1 aromatic heterocycles. The van der Waals surface area contributed by atoms with Gasteiger partial charge in [-0.3, -0.25) is 0 Å². The summed E-state index contributed by atoms with van der Waals surface area (Å²) in [6.07, 6.45) is 3.48. The monoisotopic (exact) mass is 212 g/mol. The summed E-state index contributed by atoms with van der Waals surface area (Å²) >= 11 is 1.46. The summed E-state index contributed by atoms with van der Waals surface area (Å²) in [5, 5.41) is 7.72. The molecule has 2 N–H and O–H groups in total. The second-order valence-corrected chi connectivity index (χ2v) is 4.30. The lowest BCUT2D eigenvalue weighted by atomic mass is 10.2. The van der Waals surface area contributed by atoms with Crippen LogP contribution in [0.15, 0.2) is 0 Å². The summed E-state index contributed by atoms with van der Waals surface area (Å²) in [7, 11) is 0. The van der Waals surface area contributed by atoms with Crippen LogP contribution in [0.1, 0.15) is 25.6 Å². The van der Waals surface area contributed by atoms with E-state index in [1.54, 1.807) is 0 Å². The first-order chi connectivity index (χ1) is 6.88. The van der Waals surface area contributed by atoms with Gasteiger partial charge in [-0.15, -0.1) is 0 Å². The first kappa shape index (κ1) is 9.86. The summed E-state index contributed by atoms with van der Waals surface area (Å²) in [4.78, 5) is 4.36. The lowest BCUT2D eigenvalue weighted by Gasteiger charge is -2.09. The lowest BCUT2D eigenvalue weighted by Crippen LogP contribution is -2.29. The Morgan fingerprint density at radius 3 is 3.21 bits per heavy atom. The molecular weight excluding hydrogens is 196 g/mol. The fraction of sp³-hybridized carbons (Fsp3) is 0.778. The number of rotatable bonds is 4. The van der Waals surface area contributed by atoms with Crippen molar-refractivity contribution in [2.45, 2.75) is 32.2 Å². The standard InChI is InChI=1S/C9H16N4S/c1-2-8-12-9(14-13-8)11-6-7-4-3-5-10-7/h7,10H,2-6H2,1H3,(H,11,12,13). The molecule has 0 radical (unpaired) electrons. The van der Waals surface area contributed by atoms with Crippen molar-refractivity contribution < 1.29 is 0 Å². The molecule has 0 amide bonds. The molecule has 2 heterocycles. The fourth-order valence-corrected chi connectivity index (χ4v) is 2.27. The molecule has 1 aliphatic rings. The maximum Gasteiger partial charge on any atom is 0.202 e. The smallest absolute Gasteiger partial charge is 0.202 e. The maximum absolute atomic E-state index is 4.36. The molecule has 2 rings (SSSR count). The average molecular weight is 212 g/mol. The highest BCUT2D eigenvalue weighted by Crippen LogP contribution is 2.12. The number of nitrogens with one attached hydrogen (secondary N) is 2. The van der Waals surface area contributed by atoms with Crippen LogP contribution in [0.3, 0.4) is 0 Å². The minimum atomic E-state index is 0.615. The molecular formula is C9H16N4S. The van der Waals surface area contributed by atoms with Gasteiger partial charge in [0.15, 0.2) is 0 Å². The molecule has 78 valence electrons. The first-order valence-electron chi connectivity index (χ1n) is 5.18. The van der Waals surface area contributed by atoms with E-state index in [1.807, 2.05) is 0 Å². The van der Waals surface area contributed by atoms with Crippen LogP contribution in [0.2, 0.25) is 0 Å². The fourth-order valence-electron chi connectivity index (χ4n) is 1.61. The van der Waals surface area contributed by atoms with E-state index >= 15 is 0 Å². The third kappa shape index (κ3) is 2.42. The Labute approximate surface area is 88.3 Å². The van der Waals surface area contributed by atoms with Gasteiger partial charge in [-0.05, 0) is 19.4 Å². The van der Waals surface area contributed by atoms with Crippen molar-refractivity contribution in [1.82, 2.24) is 14.7 Å². The van der Waals surface area contributed by atoms with E-state index in [9.17, 15) is 0 Å². The van der Waals surface area contributed by atoms with Crippen LogP contribution >= 0.6 is 11.5 Å². The van der Waals surface area contributed by atoms with Crippen molar-refractivity contribution >= 4 is 16.7 Å². The zero-order valence-corrected chi connectivity index (χ0v) is 9.23. The summed E-state index contributed by atoms with van der Waals surface area (Å²) in [6, 6.07) is 0.615. The van der Waals surface area contributed by atoms with Crippen molar-refractivity contribution in [2.75, 3.05) is 18.4 Å². The molecule has 14 heavy (non-hydrogen) atoms. The minimum absolute atomic E-state index is 0.615. The van der Waals surface area contributed by atoms with E-state index in [4.69, 9.17) is 0 Å². The van der Waals surface area contributed by atoms with E-state index < -0.39 is 0 Å². The summed E-state index contributed by atoms with van der Waals surface area (Å²) in [5.41, 5.74) is 0. The molecule has 1 saturated heterocycles. The van der Waals surface area contributed by atoms with Crippen molar-refractivity contribution in [1.29, 1.82) is 0 Å². The van der Waals surface area contributed by atoms with Crippen molar-refractivity contribution in [3.63, 3.8) is 0 Å². The number of hydrogen-bond donors (Lipinski definition) is 2. The topological polar surface area (TPSA) is 49.8 Å². The third-order valence-corrected chi connectivity index (χ3v) is 3.16. The molecule has 1 atom stereocenters. The van der Waals surface area contributed by atoms with E-state index in [0.717, 1.165) is 30.5 Å². The summed E-state index contributed by atoms with van der Waals surface area (Å²) < 4.78 is 4.23. The Bertz CT molecular complexity index is 280. The molecule has 0 aromatic carbocycles. The molecule has 1 unspecified atom stereocenters. The van der Waals surface area contributed by atoms with Crippen molar-refractivity contribution in [3.05, 3.63) is 5.82 Å². The Morgan fingerprint density at radius 2 is 2.57 bits per heavy atom. The third-order valence-electron chi connectivity index (χ3n) is 2.45.